The highest BCUT2D eigenvalue weighted by atomic mass is 19.4. The van der Waals surface area contributed by atoms with Crippen LogP contribution >= 0.6 is 0 Å². The zero-order valence-corrected chi connectivity index (χ0v) is 16.8. The number of hydrogen-bond acceptors (Lipinski definition) is 4. The molecule has 0 amide bonds. The second-order valence-electron chi connectivity index (χ2n) is 7.39. The molecule has 4 nitrogen and oxygen atoms in total. The number of aromatic hydroxyl groups is 2. The fourth-order valence-electron chi connectivity index (χ4n) is 3.83. The van der Waals surface area contributed by atoms with Crippen LogP contribution in [0.15, 0.2) is 60.7 Å². The molecule has 4 aromatic carbocycles. The van der Waals surface area contributed by atoms with Crippen LogP contribution in [0.3, 0.4) is 0 Å². The zero-order chi connectivity index (χ0) is 25.0. The van der Waals surface area contributed by atoms with Gasteiger partial charge in [0.15, 0.2) is 0 Å². The Morgan fingerprint density at radius 2 is 0.912 bits per heavy atom. The Morgan fingerprint density at radius 1 is 0.588 bits per heavy atom. The van der Waals surface area contributed by atoms with Crippen molar-refractivity contribution in [1.82, 2.24) is 0 Å². The van der Waals surface area contributed by atoms with Crippen molar-refractivity contribution in [2.75, 3.05) is 0 Å². The lowest BCUT2D eigenvalue weighted by Crippen LogP contribution is -2.23. The topological polar surface area (TPSA) is 74.6 Å². The summed E-state index contributed by atoms with van der Waals surface area (Å²) in [6.45, 7) is 0. The van der Waals surface area contributed by atoms with Gasteiger partial charge >= 0.3 is 12.4 Å². The smallest absolute Gasteiger partial charge is 0.455 e. The minimum Gasteiger partial charge on any atom is -0.507 e. The molecule has 2 N–H and O–H groups in total. The SMILES string of the molecule is O=C(c1cc2ccccc2c(-c2c(O)c(C(=O)C(F)(F)F)cc3ccccc23)c1O)C(F)(F)F. The van der Waals surface area contributed by atoms with Gasteiger partial charge in [0.1, 0.15) is 11.5 Å². The van der Waals surface area contributed by atoms with Crippen LogP contribution in [0.5, 0.6) is 11.5 Å². The second kappa shape index (κ2) is 7.75. The first kappa shape index (κ1) is 23.1. The third kappa shape index (κ3) is 3.70. The van der Waals surface area contributed by atoms with E-state index in [2.05, 4.69) is 0 Å². The predicted molar refractivity (Wildman–Crippen MR) is 111 cm³/mol. The van der Waals surface area contributed by atoms with Gasteiger partial charge in [0.2, 0.25) is 0 Å². The van der Waals surface area contributed by atoms with Gasteiger partial charge in [0.05, 0.1) is 11.1 Å². The summed E-state index contributed by atoms with van der Waals surface area (Å²) in [5.74, 6) is -7.16. The molecule has 0 saturated carbocycles. The van der Waals surface area contributed by atoms with Crippen molar-refractivity contribution in [3.8, 4) is 22.6 Å². The van der Waals surface area contributed by atoms with E-state index >= 15 is 0 Å². The number of carbonyl (C=O) groups is 2. The van der Waals surface area contributed by atoms with E-state index in [1.54, 1.807) is 0 Å². The maximum absolute atomic E-state index is 13.2. The summed E-state index contributed by atoms with van der Waals surface area (Å²) in [6, 6.07) is 12.7. The molecule has 0 bridgehead atoms. The Labute approximate surface area is 186 Å². The minimum absolute atomic E-state index is 0.0378. The lowest BCUT2D eigenvalue weighted by molar-refractivity contribution is -0.0889. The highest BCUT2D eigenvalue weighted by Crippen LogP contribution is 2.48. The lowest BCUT2D eigenvalue weighted by atomic mass is 9.87. The van der Waals surface area contributed by atoms with Gasteiger partial charge in [-0.05, 0) is 33.7 Å². The van der Waals surface area contributed by atoms with Gasteiger partial charge < -0.3 is 10.2 Å². The summed E-state index contributed by atoms with van der Waals surface area (Å²) in [4.78, 5) is 24.0. The number of halogens is 6. The van der Waals surface area contributed by atoms with Gasteiger partial charge in [-0.2, -0.15) is 26.3 Å². The van der Waals surface area contributed by atoms with Crippen molar-refractivity contribution in [2.45, 2.75) is 12.4 Å². The van der Waals surface area contributed by atoms with Crippen LogP contribution in [0.1, 0.15) is 20.7 Å². The molecule has 4 aromatic rings. The van der Waals surface area contributed by atoms with E-state index in [0.29, 0.717) is 0 Å². The number of ketones is 2. The third-order valence-electron chi connectivity index (χ3n) is 5.30. The van der Waals surface area contributed by atoms with Crippen molar-refractivity contribution in [3.63, 3.8) is 0 Å². The van der Waals surface area contributed by atoms with E-state index < -0.39 is 57.7 Å². The lowest BCUT2D eigenvalue weighted by Gasteiger charge is -2.19. The summed E-state index contributed by atoms with van der Waals surface area (Å²) in [5.41, 5.74) is -3.35. The number of carbonyl (C=O) groups excluding carboxylic acids is 2. The average molecular weight is 478 g/mol. The highest BCUT2D eigenvalue weighted by molar-refractivity contribution is 6.18. The summed E-state index contributed by atoms with van der Waals surface area (Å²) in [7, 11) is 0. The number of hydrogen-bond donors (Lipinski definition) is 2. The predicted octanol–water partition coefficient (Wildman–Crippen LogP) is 6.56. The molecule has 10 heteroatoms. The third-order valence-corrected chi connectivity index (χ3v) is 5.30. The van der Waals surface area contributed by atoms with Crippen LogP contribution in [0.25, 0.3) is 32.7 Å². The molecule has 34 heavy (non-hydrogen) atoms. The molecule has 174 valence electrons. The van der Waals surface area contributed by atoms with Crippen LogP contribution in [-0.2, 0) is 0 Å². The fraction of sp³-hybridized carbons (Fsp3) is 0.0833. The molecule has 4 rings (SSSR count). The van der Waals surface area contributed by atoms with E-state index in [-0.39, 0.29) is 21.5 Å². The van der Waals surface area contributed by atoms with E-state index in [0.717, 1.165) is 12.1 Å². The molecule has 0 radical (unpaired) electrons. The first-order valence-corrected chi connectivity index (χ1v) is 9.55. The van der Waals surface area contributed by atoms with Gasteiger partial charge in [-0.25, -0.2) is 0 Å². The number of alkyl halides is 6. The van der Waals surface area contributed by atoms with Crippen LogP contribution in [0.4, 0.5) is 26.3 Å². The Kier molecular flexibility index (Phi) is 5.27. The first-order valence-electron chi connectivity index (χ1n) is 9.55. The molecule has 0 aliphatic rings. The average Bonchev–Trinajstić information content (AvgIpc) is 2.77. The summed E-state index contributed by atoms with van der Waals surface area (Å²) in [6.07, 6.45) is -10.7. The molecule has 0 aliphatic heterocycles. The van der Waals surface area contributed by atoms with E-state index in [4.69, 9.17) is 0 Å². The number of rotatable bonds is 3. The molecule has 0 fully saturated rings. The van der Waals surface area contributed by atoms with Gasteiger partial charge in [0.25, 0.3) is 11.6 Å². The highest BCUT2D eigenvalue weighted by Gasteiger charge is 2.43. The van der Waals surface area contributed by atoms with Crippen LogP contribution in [-0.4, -0.2) is 34.1 Å². The monoisotopic (exact) mass is 478 g/mol. The number of phenolic OH excluding ortho intramolecular Hbond substituents is 2. The minimum atomic E-state index is -5.37. The quantitative estimate of drug-likeness (QED) is 0.258. The van der Waals surface area contributed by atoms with Crippen LogP contribution < -0.4 is 0 Å². The molecule has 0 aliphatic carbocycles. The Morgan fingerprint density at radius 3 is 1.24 bits per heavy atom. The van der Waals surface area contributed by atoms with Crippen LogP contribution in [0, 0.1) is 0 Å². The second-order valence-corrected chi connectivity index (χ2v) is 7.39. The van der Waals surface area contributed by atoms with Crippen molar-refractivity contribution < 1.29 is 46.1 Å². The van der Waals surface area contributed by atoms with Gasteiger partial charge in [0, 0.05) is 11.1 Å². The van der Waals surface area contributed by atoms with Crippen molar-refractivity contribution >= 4 is 33.1 Å². The maximum atomic E-state index is 13.2. The fourth-order valence-corrected chi connectivity index (χ4v) is 3.83. The van der Waals surface area contributed by atoms with Crippen molar-refractivity contribution in [3.05, 3.63) is 71.8 Å². The first-order chi connectivity index (χ1) is 15.8. The number of benzene rings is 4. The maximum Gasteiger partial charge on any atom is 0.455 e. The van der Waals surface area contributed by atoms with E-state index in [9.17, 15) is 46.1 Å². The Balaban J connectivity index is 2.21. The Hall–Kier alpha value is -4.08. The van der Waals surface area contributed by atoms with E-state index in [1.165, 1.54) is 48.5 Å². The molecule has 0 atom stereocenters. The normalized spacial score (nSPS) is 12.3. The molecular formula is C24H12F6O4. The number of Topliss-reactive ketones (excluding diaryl/α,β-unsaturated/α-hetero) is 2. The summed E-state index contributed by atoms with van der Waals surface area (Å²) >= 11 is 0. The molecule has 0 spiro atoms. The number of fused-ring (bicyclic) bond motifs is 2. The zero-order valence-electron chi connectivity index (χ0n) is 16.8. The van der Waals surface area contributed by atoms with Crippen molar-refractivity contribution in [1.29, 1.82) is 0 Å². The molecule has 0 saturated heterocycles. The standard InChI is InChI=1S/C24H12F6O4/c25-23(26,27)21(33)15-9-11-5-1-3-7-13(11)17(19(15)31)18-14-8-4-2-6-12(14)10-16(20(18)32)22(34)24(28,29)30/h1-10,31-32H. The summed E-state index contributed by atoms with van der Waals surface area (Å²) < 4.78 is 79.2. The van der Waals surface area contributed by atoms with Crippen LogP contribution in [0.2, 0.25) is 0 Å². The van der Waals surface area contributed by atoms with Gasteiger partial charge in [-0.1, -0.05) is 48.5 Å². The molecular weight excluding hydrogens is 466 g/mol. The largest absolute Gasteiger partial charge is 0.507 e. The van der Waals surface area contributed by atoms with E-state index in [1.807, 2.05) is 0 Å². The molecule has 0 unspecified atom stereocenters. The molecule has 0 aromatic heterocycles. The molecule has 0 heterocycles. The van der Waals surface area contributed by atoms with Gasteiger partial charge in [-0.15, -0.1) is 0 Å². The van der Waals surface area contributed by atoms with Crippen molar-refractivity contribution in [2.24, 2.45) is 0 Å². The summed E-state index contributed by atoms with van der Waals surface area (Å²) in [5, 5.41) is 21.8. The Bertz CT molecular complexity index is 1370. The number of phenols is 2. The van der Waals surface area contributed by atoms with Gasteiger partial charge in [-0.3, -0.25) is 9.59 Å².